The standard InChI is InChI=1S/C14H10ClN3O2S/c15-10-4-5-11-14(18-21-17-11)13(10)16-12(20)7-8-2-1-3-9(19)6-8/h1-6,19H,7H2,(H,16,20). The smallest absolute Gasteiger partial charge is 0.228 e. The van der Waals surface area contributed by atoms with Gasteiger partial charge in [-0.15, -0.1) is 0 Å². The number of hydrogen-bond acceptors (Lipinski definition) is 5. The SMILES string of the molecule is O=C(Cc1cccc(O)c1)Nc1c(Cl)ccc2nsnc12. The maximum Gasteiger partial charge on any atom is 0.228 e. The van der Waals surface area contributed by atoms with Crippen molar-refractivity contribution in [1.82, 2.24) is 8.75 Å². The second kappa shape index (κ2) is 5.67. The zero-order chi connectivity index (χ0) is 14.8. The fourth-order valence-corrected chi connectivity index (χ4v) is 2.72. The number of carbonyl (C=O) groups is 1. The van der Waals surface area contributed by atoms with Crippen LogP contribution in [-0.4, -0.2) is 19.8 Å². The zero-order valence-corrected chi connectivity index (χ0v) is 12.3. The predicted molar refractivity (Wildman–Crippen MR) is 82.9 cm³/mol. The molecule has 0 bridgehead atoms. The predicted octanol–water partition coefficient (Wildman–Crippen LogP) is 3.23. The molecule has 0 unspecified atom stereocenters. The number of rotatable bonds is 3. The summed E-state index contributed by atoms with van der Waals surface area (Å²) in [4.78, 5) is 12.1. The molecule has 0 aliphatic heterocycles. The van der Waals surface area contributed by atoms with Gasteiger partial charge in [-0.2, -0.15) is 8.75 Å². The fraction of sp³-hybridized carbons (Fsp3) is 0.0714. The first-order chi connectivity index (χ1) is 10.1. The number of amides is 1. The van der Waals surface area contributed by atoms with Crippen molar-refractivity contribution in [1.29, 1.82) is 0 Å². The number of fused-ring (bicyclic) bond motifs is 1. The van der Waals surface area contributed by atoms with Gasteiger partial charge in [-0.05, 0) is 29.8 Å². The lowest BCUT2D eigenvalue weighted by Gasteiger charge is -2.08. The topological polar surface area (TPSA) is 75.1 Å². The maximum atomic E-state index is 12.1. The lowest BCUT2D eigenvalue weighted by molar-refractivity contribution is -0.115. The molecule has 0 fully saturated rings. The number of nitrogens with zero attached hydrogens (tertiary/aromatic N) is 2. The highest BCUT2D eigenvalue weighted by Crippen LogP contribution is 2.30. The highest BCUT2D eigenvalue weighted by Gasteiger charge is 2.13. The van der Waals surface area contributed by atoms with Gasteiger partial charge in [0.05, 0.1) is 28.9 Å². The Morgan fingerprint density at radius 1 is 1.29 bits per heavy atom. The van der Waals surface area contributed by atoms with Gasteiger partial charge in [-0.3, -0.25) is 4.79 Å². The molecule has 0 aliphatic carbocycles. The molecule has 0 radical (unpaired) electrons. The normalized spacial score (nSPS) is 10.7. The molecule has 21 heavy (non-hydrogen) atoms. The summed E-state index contributed by atoms with van der Waals surface area (Å²) in [5, 5.41) is 12.6. The van der Waals surface area contributed by atoms with Crippen LogP contribution in [0.1, 0.15) is 5.56 Å². The van der Waals surface area contributed by atoms with E-state index in [1.807, 2.05) is 0 Å². The quantitative estimate of drug-likeness (QED) is 0.777. The molecule has 1 heterocycles. The third-order valence-corrected chi connectivity index (χ3v) is 3.77. The second-order valence-electron chi connectivity index (χ2n) is 4.45. The van der Waals surface area contributed by atoms with Gasteiger partial charge in [0, 0.05) is 0 Å². The molecule has 3 aromatic rings. The fourth-order valence-electron chi connectivity index (χ4n) is 1.98. The molecular formula is C14H10ClN3O2S. The molecule has 0 saturated carbocycles. The number of aromatic hydroxyl groups is 1. The van der Waals surface area contributed by atoms with Gasteiger partial charge in [0.25, 0.3) is 0 Å². The van der Waals surface area contributed by atoms with Crippen molar-refractivity contribution in [3.05, 3.63) is 47.0 Å². The van der Waals surface area contributed by atoms with E-state index in [1.54, 1.807) is 36.4 Å². The van der Waals surface area contributed by atoms with Crippen molar-refractivity contribution in [3.63, 3.8) is 0 Å². The van der Waals surface area contributed by atoms with E-state index in [1.165, 1.54) is 0 Å². The van der Waals surface area contributed by atoms with Gasteiger partial charge in [0.15, 0.2) is 0 Å². The second-order valence-corrected chi connectivity index (χ2v) is 5.38. The molecule has 3 rings (SSSR count). The van der Waals surface area contributed by atoms with Crippen molar-refractivity contribution in [2.75, 3.05) is 5.32 Å². The molecule has 0 saturated heterocycles. The van der Waals surface area contributed by atoms with E-state index < -0.39 is 0 Å². The lowest BCUT2D eigenvalue weighted by atomic mass is 10.1. The van der Waals surface area contributed by atoms with Gasteiger partial charge < -0.3 is 10.4 Å². The Kier molecular flexibility index (Phi) is 3.72. The number of carbonyl (C=O) groups excluding carboxylic acids is 1. The van der Waals surface area contributed by atoms with Gasteiger partial charge >= 0.3 is 0 Å². The summed E-state index contributed by atoms with van der Waals surface area (Å²) in [5.41, 5.74) is 2.45. The molecule has 0 atom stereocenters. The number of phenolic OH excluding ortho intramolecular Hbond substituents is 1. The van der Waals surface area contributed by atoms with Crippen molar-refractivity contribution in [3.8, 4) is 5.75 Å². The summed E-state index contributed by atoms with van der Waals surface area (Å²) in [7, 11) is 0. The van der Waals surface area contributed by atoms with Crippen LogP contribution < -0.4 is 5.32 Å². The summed E-state index contributed by atoms with van der Waals surface area (Å²) in [6.45, 7) is 0. The number of halogens is 1. The number of benzene rings is 2. The summed E-state index contributed by atoms with van der Waals surface area (Å²) >= 11 is 7.18. The molecule has 1 aromatic heterocycles. The third kappa shape index (κ3) is 2.96. The minimum atomic E-state index is -0.233. The van der Waals surface area contributed by atoms with Gasteiger partial charge in [0.1, 0.15) is 16.8 Å². The van der Waals surface area contributed by atoms with E-state index in [0.717, 1.165) is 11.7 Å². The van der Waals surface area contributed by atoms with Crippen LogP contribution in [0.5, 0.6) is 5.75 Å². The maximum absolute atomic E-state index is 12.1. The minimum Gasteiger partial charge on any atom is -0.508 e. The first-order valence-electron chi connectivity index (χ1n) is 6.12. The number of anilines is 1. The number of phenols is 1. The van der Waals surface area contributed by atoms with E-state index >= 15 is 0 Å². The number of aromatic nitrogens is 2. The van der Waals surface area contributed by atoms with Gasteiger partial charge in [0.2, 0.25) is 5.91 Å². The lowest BCUT2D eigenvalue weighted by Crippen LogP contribution is -2.15. The van der Waals surface area contributed by atoms with Crippen molar-refractivity contribution in [2.24, 2.45) is 0 Å². The Morgan fingerprint density at radius 3 is 2.95 bits per heavy atom. The van der Waals surface area contributed by atoms with Crippen molar-refractivity contribution >= 4 is 46.0 Å². The van der Waals surface area contributed by atoms with E-state index in [4.69, 9.17) is 11.6 Å². The van der Waals surface area contributed by atoms with E-state index in [2.05, 4.69) is 14.1 Å². The van der Waals surface area contributed by atoms with Gasteiger partial charge in [-0.1, -0.05) is 23.7 Å². The van der Waals surface area contributed by atoms with Crippen molar-refractivity contribution in [2.45, 2.75) is 6.42 Å². The zero-order valence-electron chi connectivity index (χ0n) is 10.7. The Hall–Kier alpha value is -2.18. The van der Waals surface area contributed by atoms with Crippen LogP contribution >= 0.6 is 23.3 Å². The molecule has 0 spiro atoms. The molecule has 2 N–H and O–H groups in total. The first kappa shape index (κ1) is 13.8. The molecule has 0 aliphatic rings. The average Bonchev–Trinajstić information content (AvgIpc) is 2.90. The van der Waals surface area contributed by atoms with E-state index in [9.17, 15) is 9.90 Å². The molecule has 5 nitrogen and oxygen atoms in total. The van der Waals surface area contributed by atoms with Crippen LogP contribution in [0, 0.1) is 0 Å². The van der Waals surface area contributed by atoms with Crippen LogP contribution in [0.2, 0.25) is 5.02 Å². The van der Waals surface area contributed by atoms with Crippen LogP contribution in [0.3, 0.4) is 0 Å². The van der Waals surface area contributed by atoms with Crippen LogP contribution in [0.15, 0.2) is 36.4 Å². The molecule has 7 heteroatoms. The average molecular weight is 320 g/mol. The summed E-state index contributed by atoms with van der Waals surface area (Å²) in [6, 6.07) is 10.00. The highest BCUT2D eigenvalue weighted by molar-refractivity contribution is 7.00. The molecule has 106 valence electrons. The molecule has 1 amide bonds. The monoisotopic (exact) mass is 319 g/mol. The Balaban J connectivity index is 1.83. The van der Waals surface area contributed by atoms with Gasteiger partial charge in [-0.25, -0.2) is 0 Å². The van der Waals surface area contributed by atoms with Crippen LogP contribution in [-0.2, 0) is 11.2 Å². The number of hydrogen-bond donors (Lipinski definition) is 2. The largest absolute Gasteiger partial charge is 0.508 e. The first-order valence-corrected chi connectivity index (χ1v) is 7.23. The molecular weight excluding hydrogens is 310 g/mol. The number of nitrogens with one attached hydrogen (secondary N) is 1. The third-order valence-electron chi connectivity index (χ3n) is 2.92. The summed E-state index contributed by atoms with van der Waals surface area (Å²) in [5.74, 6) is -0.105. The van der Waals surface area contributed by atoms with Crippen LogP contribution in [0.25, 0.3) is 11.0 Å². The Bertz CT molecular complexity index is 819. The Labute approximate surface area is 129 Å². The van der Waals surface area contributed by atoms with Crippen LogP contribution in [0.4, 0.5) is 5.69 Å². The van der Waals surface area contributed by atoms with E-state index in [-0.39, 0.29) is 18.1 Å². The summed E-state index contributed by atoms with van der Waals surface area (Å²) < 4.78 is 8.26. The summed E-state index contributed by atoms with van der Waals surface area (Å²) in [6.07, 6.45) is 0.138. The highest BCUT2D eigenvalue weighted by atomic mass is 35.5. The molecule has 2 aromatic carbocycles. The minimum absolute atomic E-state index is 0.129. The van der Waals surface area contributed by atoms with E-state index in [0.29, 0.717) is 27.3 Å². The van der Waals surface area contributed by atoms with Crippen molar-refractivity contribution < 1.29 is 9.90 Å². The Morgan fingerprint density at radius 2 is 2.14 bits per heavy atom.